The summed E-state index contributed by atoms with van der Waals surface area (Å²) in [4.78, 5) is 25.1. The van der Waals surface area contributed by atoms with E-state index in [1.807, 2.05) is 35.2 Å². The van der Waals surface area contributed by atoms with Gasteiger partial charge in [0.05, 0.1) is 28.0 Å². The van der Waals surface area contributed by atoms with Crippen molar-refractivity contribution in [1.29, 1.82) is 0 Å². The number of piperazine rings is 1. The number of amides is 1. The molecule has 2 aliphatic heterocycles. The highest BCUT2D eigenvalue weighted by molar-refractivity contribution is 6.43. The predicted octanol–water partition coefficient (Wildman–Crippen LogP) is 11.3. The van der Waals surface area contributed by atoms with Gasteiger partial charge in [-0.25, -0.2) is 9.79 Å². The lowest BCUT2D eigenvalue weighted by atomic mass is 9.74. The zero-order chi connectivity index (χ0) is 39.0. The molecule has 0 saturated carbocycles. The number of nitrogens with zero attached hydrogens (tertiary/aromatic N) is 4. The first-order valence-electron chi connectivity index (χ1n) is 19.5. The number of hydrogen-bond acceptors (Lipinski definition) is 7. The summed E-state index contributed by atoms with van der Waals surface area (Å²) in [5, 5.41) is 1.24. The number of hydrogen-bond donors (Lipinski definition) is 0. The maximum absolute atomic E-state index is 13.6. The van der Waals surface area contributed by atoms with Crippen LogP contribution >= 0.6 is 23.2 Å². The largest absolute Gasteiger partial charge is 0.494 e. The molecule has 1 fully saturated rings. The Morgan fingerprint density at radius 3 is 2.08 bits per heavy atom. The molecule has 0 atom stereocenters. The number of carbonyl (C=O) groups is 1. The Balaban J connectivity index is 1.23. The molecule has 296 valence electrons. The van der Waals surface area contributed by atoms with Gasteiger partial charge in [-0.05, 0) is 84.1 Å². The molecule has 0 radical (unpaired) electrons. The minimum atomic E-state index is -0.341. The fourth-order valence-electron chi connectivity index (χ4n) is 8.50. The Labute approximate surface area is 330 Å². The third-order valence-corrected chi connectivity index (χ3v) is 10.4. The number of aryl methyl sites for hydroxylation is 1. The van der Waals surface area contributed by atoms with E-state index in [0.29, 0.717) is 42.1 Å². The third kappa shape index (κ3) is 14.5. The van der Waals surface area contributed by atoms with E-state index in [4.69, 9.17) is 42.4 Å². The van der Waals surface area contributed by atoms with Crippen molar-refractivity contribution in [3.8, 4) is 5.75 Å². The van der Waals surface area contributed by atoms with Crippen LogP contribution in [0.1, 0.15) is 107 Å². The number of aliphatic imine (C=N–C) groups is 1. The SMILES string of the molecule is CC(C)(C)CC(C)(C)CN(CC(C)(C)CC(C)(C)C)C(=O)OCOC1=Nc2cc(OCCCCN3CCN(c4cccc(Cl)c4Cl)CC3)ccc2CC1. The van der Waals surface area contributed by atoms with Gasteiger partial charge in [-0.2, -0.15) is 0 Å². The van der Waals surface area contributed by atoms with E-state index in [9.17, 15) is 4.79 Å². The van der Waals surface area contributed by atoms with E-state index in [0.717, 1.165) is 87.5 Å². The molecule has 2 heterocycles. The van der Waals surface area contributed by atoms with Crippen LogP contribution in [0.4, 0.5) is 16.2 Å². The molecule has 0 aromatic heterocycles. The molecule has 0 N–H and O–H groups in total. The highest BCUT2D eigenvalue weighted by atomic mass is 35.5. The van der Waals surface area contributed by atoms with E-state index < -0.39 is 0 Å². The average molecular weight is 774 g/mol. The number of benzene rings is 2. The summed E-state index contributed by atoms with van der Waals surface area (Å²) in [5.74, 6) is 1.38. The highest BCUT2D eigenvalue weighted by Gasteiger charge is 2.35. The summed E-state index contributed by atoms with van der Waals surface area (Å²) in [6, 6.07) is 11.9. The van der Waals surface area contributed by atoms with Gasteiger partial charge in [-0.1, -0.05) is 105 Å². The molecule has 4 rings (SSSR count). The predicted molar refractivity (Wildman–Crippen MR) is 221 cm³/mol. The Morgan fingerprint density at radius 1 is 0.811 bits per heavy atom. The molecule has 8 nitrogen and oxygen atoms in total. The summed E-state index contributed by atoms with van der Waals surface area (Å²) >= 11 is 12.7. The van der Waals surface area contributed by atoms with Crippen molar-refractivity contribution in [2.75, 3.05) is 64.1 Å². The van der Waals surface area contributed by atoms with Gasteiger partial charge in [0.1, 0.15) is 5.75 Å². The molecule has 0 unspecified atom stereocenters. The van der Waals surface area contributed by atoms with Crippen molar-refractivity contribution < 1.29 is 19.0 Å². The van der Waals surface area contributed by atoms with Crippen molar-refractivity contribution in [3.63, 3.8) is 0 Å². The van der Waals surface area contributed by atoms with Gasteiger partial charge in [0, 0.05) is 51.8 Å². The smallest absolute Gasteiger partial charge is 0.412 e. The van der Waals surface area contributed by atoms with Gasteiger partial charge in [0.2, 0.25) is 6.79 Å². The van der Waals surface area contributed by atoms with Gasteiger partial charge >= 0.3 is 6.09 Å². The Bertz CT molecular complexity index is 1510. The lowest BCUT2D eigenvalue weighted by Gasteiger charge is -2.41. The minimum Gasteiger partial charge on any atom is -0.494 e. The first-order valence-corrected chi connectivity index (χ1v) is 20.2. The maximum Gasteiger partial charge on any atom is 0.412 e. The lowest BCUT2D eigenvalue weighted by Crippen LogP contribution is -2.46. The van der Waals surface area contributed by atoms with E-state index in [1.165, 1.54) is 0 Å². The van der Waals surface area contributed by atoms with Crippen LogP contribution in [0.2, 0.25) is 10.0 Å². The number of rotatable bonds is 15. The molecule has 0 spiro atoms. The maximum atomic E-state index is 13.6. The van der Waals surface area contributed by atoms with Crippen LogP contribution < -0.4 is 9.64 Å². The molecule has 1 saturated heterocycles. The van der Waals surface area contributed by atoms with Crippen molar-refractivity contribution in [2.45, 2.75) is 108 Å². The van der Waals surface area contributed by atoms with E-state index in [1.54, 1.807) is 0 Å². The van der Waals surface area contributed by atoms with Crippen LogP contribution in [-0.4, -0.2) is 81.0 Å². The standard InChI is InChI=1S/C43H66Cl2N4O4/c1-40(2,3)27-42(7,8)29-49(30-43(9,10)28-41(4,5)6)39(50)53-31-52-37-19-17-32-16-18-33(26-35(32)46-37)51-25-12-11-20-47-21-23-48(24-22-47)36-15-13-14-34(44)38(36)45/h13-16,18,26H,11-12,17,19-25,27-31H2,1-10H3. The molecule has 0 aliphatic carbocycles. The van der Waals surface area contributed by atoms with Crippen LogP contribution in [0.25, 0.3) is 0 Å². The molecule has 2 aromatic carbocycles. The number of anilines is 1. The fraction of sp³-hybridized carbons (Fsp3) is 0.674. The molecule has 10 heteroatoms. The number of carbonyl (C=O) groups excluding carboxylic acids is 1. The summed E-state index contributed by atoms with van der Waals surface area (Å²) in [5.41, 5.74) is 3.18. The monoisotopic (exact) mass is 772 g/mol. The molecule has 0 bridgehead atoms. The van der Waals surface area contributed by atoms with Crippen LogP contribution in [0, 0.1) is 21.7 Å². The second-order valence-corrected chi connectivity index (χ2v) is 19.9. The van der Waals surface area contributed by atoms with E-state index in [2.05, 4.69) is 85.1 Å². The van der Waals surface area contributed by atoms with Crippen LogP contribution in [0.3, 0.4) is 0 Å². The normalized spacial score (nSPS) is 15.8. The van der Waals surface area contributed by atoms with Crippen molar-refractivity contribution in [1.82, 2.24) is 9.80 Å². The molecule has 53 heavy (non-hydrogen) atoms. The molecular formula is C43H66Cl2N4O4. The van der Waals surface area contributed by atoms with Crippen LogP contribution in [0.15, 0.2) is 41.4 Å². The summed E-state index contributed by atoms with van der Waals surface area (Å²) in [6.07, 6.45) is 5.14. The topological polar surface area (TPSA) is 66.8 Å². The summed E-state index contributed by atoms with van der Waals surface area (Å²) in [6.45, 7) is 29.1. The molecule has 2 aromatic rings. The second kappa shape index (κ2) is 18.3. The Kier molecular flexibility index (Phi) is 14.9. The summed E-state index contributed by atoms with van der Waals surface area (Å²) < 4.78 is 17.9. The average Bonchev–Trinajstić information content (AvgIpc) is 3.03. The lowest BCUT2D eigenvalue weighted by molar-refractivity contribution is 0.00727. The van der Waals surface area contributed by atoms with Crippen molar-refractivity contribution in [3.05, 3.63) is 52.0 Å². The fourth-order valence-corrected chi connectivity index (χ4v) is 8.92. The number of ether oxygens (including phenoxy) is 3. The van der Waals surface area contributed by atoms with Crippen LogP contribution in [-0.2, 0) is 15.9 Å². The number of halogens is 2. The second-order valence-electron chi connectivity index (χ2n) is 19.1. The molecule has 2 aliphatic rings. The quantitative estimate of drug-likeness (QED) is 0.133. The van der Waals surface area contributed by atoms with Gasteiger partial charge in [-0.15, -0.1) is 0 Å². The zero-order valence-corrected chi connectivity index (χ0v) is 35.8. The first-order chi connectivity index (χ1) is 24.7. The first kappa shape index (κ1) is 43.1. The third-order valence-electron chi connectivity index (χ3n) is 9.61. The molecule has 1 amide bonds. The Morgan fingerprint density at radius 2 is 1.45 bits per heavy atom. The van der Waals surface area contributed by atoms with Gasteiger partial charge < -0.3 is 24.0 Å². The Hall–Kier alpha value is -2.68. The van der Waals surface area contributed by atoms with Gasteiger partial charge in [0.15, 0.2) is 5.90 Å². The van der Waals surface area contributed by atoms with Crippen molar-refractivity contribution in [2.24, 2.45) is 26.7 Å². The van der Waals surface area contributed by atoms with E-state index in [-0.39, 0.29) is 34.5 Å². The van der Waals surface area contributed by atoms with Gasteiger partial charge in [-0.3, -0.25) is 4.90 Å². The number of unbranched alkanes of at least 4 members (excludes halogenated alkanes) is 1. The van der Waals surface area contributed by atoms with E-state index >= 15 is 0 Å². The van der Waals surface area contributed by atoms with Crippen LogP contribution in [0.5, 0.6) is 5.75 Å². The highest BCUT2D eigenvalue weighted by Crippen LogP contribution is 2.38. The summed E-state index contributed by atoms with van der Waals surface area (Å²) in [7, 11) is 0. The molecular weight excluding hydrogens is 707 g/mol. The zero-order valence-electron chi connectivity index (χ0n) is 34.2. The minimum absolute atomic E-state index is 0.0723. The number of fused-ring (bicyclic) bond motifs is 1. The van der Waals surface area contributed by atoms with Gasteiger partial charge in [0.25, 0.3) is 0 Å². The van der Waals surface area contributed by atoms with Crippen molar-refractivity contribution >= 4 is 46.6 Å².